The summed E-state index contributed by atoms with van der Waals surface area (Å²) >= 11 is 0. The largest absolute Gasteiger partial charge is 0.490 e. The highest BCUT2D eigenvalue weighted by atomic mass is 16.5. The van der Waals surface area contributed by atoms with E-state index in [0.29, 0.717) is 24.2 Å². The molecule has 16 heavy (non-hydrogen) atoms. The van der Waals surface area contributed by atoms with E-state index >= 15 is 0 Å². The Hall–Kier alpha value is -2.04. The monoisotopic (exact) mass is 223 g/mol. The van der Waals surface area contributed by atoms with Crippen LogP contribution in [0, 0.1) is 0 Å². The summed E-state index contributed by atoms with van der Waals surface area (Å²) in [6.45, 7) is 1.96. The Morgan fingerprint density at radius 1 is 1.44 bits per heavy atom. The van der Waals surface area contributed by atoms with E-state index in [4.69, 9.17) is 15.2 Å². The Bertz CT molecular complexity index is 390. The van der Waals surface area contributed by atoms with Crippen LogP contribution in [0.2, 0.25) is 0 Å². The molecule has 0 spiro atoms. The maximum absolute atomic E-state index is 10.8. The van der Waals surface area contributed by atoms with Crippen molar-refractivity contribution in [2.24, 2.45) is 5.73 Å². The molecule has 0 unspecified atom stereocenters. The minimum Gasteiger partial charge on any atom is -0.490 e. The van der Waals surface area contributed by atoms with Crippen molar-refractivity contribution in [3.05, 3.63) is 23.8 Å². The zero-order valence-corrected chi connectivity index (χ0v) is 8.93. The van der Waals surface area contributed by atoms with Gasteiger partial charge in [-0.1, -0.05) is 6.07 Å². The van der Waals surface area contributed by atoms with Crippen LogP contribution in [0.3, 0.4) is 0 Å². The van der Waals surface area contributed by atoms with E-state index in [0.717, 1.165) is 0 Å². The lowest BCUT2D eigenvalue weighted by Gasteiger charge is -2.12. The number of nitrogens with two attached hydrogens (primary N) is 1. The van der Waals surface area contributed by atoms with E-state index in [9.17, 15) is 9.59 Å². The second-order valence-corrected chi connectivity index (χ2v) is 2.98. The van der Waals surface area contributed by atoms with Crippen molar-refractivity contribution in [3.8, 4) is 11.5 Å². The van der Waals surface area contributed by atoms with Gasteiger partial charge in [-0.3, -0.25) is 9.59 Å². The second-order valence-electron chi connectivity index (χ2n) is 2.98. The lowest BCUT2D eigenvalue weighted by atomic mass is 10.2. The first-order valence-electron chi connectivity index (χ1n) is 4.81. The number of rotatable bonds is 6. The van der Waals surface area contributed by atoms with Crippen molar-refractivity contribution in [2.45, 2.75) is 6.92 Å². The van der Waals surface area contributed by atoms with Gasteiger partial charge in [0.25, 0.3) is 5.91 Å². The molecule has 0 saturated heterocycles. The molecule has 2 N–H and O–H groups in total. The molecule has 0 heterocycles. The van der Waals surface area contributed by atoms with Gasteiger partial charge in [-0.2, -0.15) is 0 Å². The van der Waals surface area contributed by atoms with Gasteiger partial charge in [0.1, 0.15) is 0 Å². The third-order valence-corrected chi connectivity index (χ3v) is 1.79. The van der Waals surface area contributed by atoms with Gasteiger partial charge in [-0.15, -0.1) is 0 Å². The van der Waals surface area contributed by atoms with Crippen molar-refractivity contribution in [1.82, 2.24) is 0 Å². The van der Waals surface area contributed by atoms with Crippen LogP contribution in [0.4, 0.5) is 0 Å². The normalized spacial score (nSPS) is 9.56. The number of para-hydroxylation sites is 1. The molecule has 0 aliphatic heterocycles. The standard InChI is InChI=1S/C11H13NO4/c1-2-15-9-5-3-4-8(6-13)11(9)16-7-10(12)14/h3-6H,2,7H2,1H3,(H2,12,14). The molecule has 0 atom stereocenters. The molecule has 0 fully saturated rings. The van der Waals surface area contributed by atoms with E-state index in [2.05, 4.69) is 0 Å². The van der Waals surface area contributed by atoms with E-state index in [1.165, 1.54) is 0 Å². The molecule has 0 radical (unpaired) electrons. The smallest absolute Gasteiger partial charge is 0.255 e. The lowest BCUT2D eigenvalue weighted by Crippen LogP contribution is -2.20. The van der Waals surface area contributed by atoms with Crippen LogP contribution in [0.1, 0.15) is 17.3 Å². The third-order valence-electron chi connectivity index (χ3n) is 1.79. The molecule has 5 heteroatoms. The summed E-state index contributed by atoms with van der Waals surface area (Å²) in [5.74, 6) is 0.0645. The van der Waals surface area contributed by atoms with Gasteiger partial charge < -0.3 is 15.2 Å². The number of hydrogen-bond acceptors (Lipinski definition) is 4. The minimum absolute atomic E-state index is 0.248. The highest BCUT2D eigenvalue weighted by molar-refractivity contribution is 5.82. The maximum Gasteiger partial charge on any atom is 0.255 e. The van der Waals surface area contributed by atoms with E-state index in [-0.39, 0.29) is 12.4 Å². The van der Waals surface area contributed by atoms with Crippen LogP contribution in [0.5, 0.6) is 11.5 Å². The zero-order valence-electron chi connectivity index (χ0n) is 8.93. The van der Waals surface area contributed by atoms with Gasteiger partial charge in [0.05, 0.1) is 12.2 Å². The summed E-state index contributed by atoms with van der Waals surface area (Å²) in [6.07, 6.45) is 0.638. The fourth-order valence-electron chi connectivity index (χ4n) is 1.19. The summed E-state index contributed by atoms with van der Waals surface area (Å²) in [7, 11) is 0. The molecule has 0 aliphatic carbocycles. The van der Waals surface area contributed by atoms with Crippen LogP contribution in [-0.2, 0) is 4.79 Å². The number of amides is 1. The topological polar surface area (TPSA) is 78.6 Å². The van der Waals surface area contributed by atoms with E-state index in [1.54, 1.807) is 18.2 Å². The van der Waals surface area contributed by atoms with Gasteiger partial charge in [0.2, 0.25) is 0 Å². The second kappa shape index (κ2) is 5.75. The Morgan fingerprint density at radius 2 is 2.19 bits per heavy atom. The fourth-order valence-corrected chi connectivity index (χ4v) is 1.19. The number of carbonyl (C=O) groups excluding carboxylic acids is 2. The number of aldehydes is 1. The molecular formula is C11H13NO4. The number of primary amides is 1. The Labute approximate surface area is 93.1 Å². The van der Waals surface area contributed by atoms with Gasteiger partial charge >= 0.3 is 0 Å². The highest BCUT2D eigenvalue weighted by Crippen LogP contribution is 2.30. The first kappa shape index (κ1) is 12.0. The molecule has 1 rings (SSSR count). The average molecular weight is 223 g/mol. The van der Waals surface area contributed by atoms with Crippen LogP contribution < -0.4 is 15.2 Å². The molecule has 0 saturated carbocycles. The summed E-state index contributed by atoms with van der Waals surface area (Å²) in [5.41, 5.74) is 5.29. The first-order chi connectivity index (χ1) is 7.69. The molecule has 86 valence electrons. The number of carbonyl (C=O) groups is 2. The Kier molecular flexibility index (Phi) is 4.32. The first-order valence-corrected chi connectivity index (χ1v) is 4.81. The van der Waals surface area contributed by atoms with Gasteiger partial charge in [0.15, 0.2) is 24.4 Å². The Morgan fingerprint density at radius 3 is 2.75 bits per heavy atom. The zero-order chi connectivity index (χ0) is 12.0. The molecule has 0 aromatic heterocycles. The van der Waals surface area contributed by atoms with E-state index in [1.807, 2.05) is 6.92 Å². The predicted octanol–water partition coefficient (Wildman–Crippen LogP) is 0.762. The predicted molar refractivity (Wildman–Crippen MR) is 57.7 cm³/mol. The third kappa shape index (κ3) is 2.98. The van der Waals surface area contributed by atoms with Crippen LogP contribution in [0.25, 0.3) is 0 Å². The maximum atomic E-state index is 10.8. The minimum atomic E-state index is -0.608. The van der Waals surface area contributed by atoms with Crippen LogP contribution >= 0.6 is 0 Å². The Balaban J connectivity index is 2.98. The van der Waals surface area contributed by atoms with Crippen LogP contribution in [0.15, 0.2) is 18.2 Å². The lowest BCUT2D eigenvalue weighted by molar-refractivity contribution is -0.119. The number of hydrogen-bond donors (Lipinski definition) is 1. The van der Waals surface area contributed by atoms with Crippen molar-refractivity contribution in [1.29, 1.82) is 0 Å². The average Bonchev–Trinajstić information content (AvgIpc) is 2.27. The molecular weight excluding hydrogens is 210 g/mol. The summed E-state index contributed by atoms with van der Waals surface area (Å²) < 4.78 is 10.4. The van der Waals surface area contributed by atoms with E-state index < -0.39 is 5.91 Å². The molecule has 0 aliphatic rings. The van der Waals surface area contributed by atoms with Gasteiger partial charge in [-0.05, 0) is 19.1 Å². The van der Waals surface area contributed by atoms with Gasteiger partial charge in [-0.25, -0.2) is 0 Å². The molecule has 1 aromatic carbocycles. The molecule has 1 aromatic rings. The van der Waals surface area contributed by atoms with Gasteiger partial charge in [0, 0.05) is 0 Å². The molecule has 0 bridgehead atoms. The van der Waals surface area contributed by atoms with Crippen LogP contribution in [-0.4, -0.2) is 25.4 Å². The van der Waals surface area contributed by atoms with Crippen molar-refractivity contribution in [3.63, 3.8) is 0 Å². The summed E-state index contributed by atoms with van der Waals surface area (Å²) in [4.78, 5) is 21.4. The summed E-state index contributed by atoms with van der Waals surface area (Å²) in [6, 6.07) is 4.91. The highest BCUT2D eigenvalue weighted by Gasteiger charge is 2.11. The number of ether oxygens (including phenoxy) is 2. The molecule has 1 amide bonds. The van der Waals surface area contributed by atoms with Crippen molar-refractivity contribution >= 4 is 12.2 Å². The quantitative estimate of drug-likeness (QED) is 0.722. The fraction of sp³-hybridized carbons (Fsp3) is 0.273. The summed E-state index contributed by atoms with van der Waals surface area (Å²) in [5, 5.41) is 0. The SMILES string of the molecule is CCOc1cccc(C=O)c1OCC(N)=O. The van der Waals surface area contributed by atoms with Crippen molar-refractivity contribution < 1.29 is 19.1 Å². The van der Waals surface area contributed by atoms with Crippen molar-refractivity contribution in [2.75, 3.05) is 13.2 Å². The molecule has 5 nitrogen and oxygen atoms in total. The number of benzene rings is 1.